The quantitative estimate of drug-likeness (QED) is 0.723. The van der Waals surface area contributed by atoms with Crippen LogP contribution in [0.2, 0.25) is 0 Å². The summed E-state index contributed by atoms with van der Waals surface area (Å²) in [4.78, 5) is 0. The molecule has 1 N–H and O–H groups in total. The van der Waals surface area contributed by atoms with E-state index >= 15 is 0 Å². The number of hydrogen-bond acceptors (Lipinski definition) is 2. The van der Waals surface area contributed by atoms with Crippen molar-refractivity contribution in [2.24, 2.45) is 0 Å². The fraction of sp³-hybridized carbons (Fsp3) is 1.00. The van der Waals surface area contributed by atoms with Crippen molar-refractivity contribution < 1.29 is 13.5 Å². The molecule has 1 atom stereocenters. The van der Waals surface area contributed by atoms with E-state index in [0.717, 1.165) is 26.1 Å². The third kappa shape index (κ3) is 3.17. The highest BCUT2D eigenvalue weighted by molar-refractivity contribution is 6.15. The van der Waals surface area contributed by atoms with Crippen LogP contribution in [-0.4, -0.2) is 38.5 Å². The smallest absolute Gasteiger partial charge is 0.248 e. The molecule has 0 aromatic carbocycles. The van der Waals surface area contributed by atoms with Crippen LogP contribution in [0.3, 0.4) is 0 Å². The Hall–Kier alpha value is -0.155. The van der Waals surface area contributed by atoms with Crippen LogP contribution in [0.5, 0.6) is 0 Å². The lowest BCUT2D eigenvalue weighted by Gasteiger charge is -2.41. The van der Waals surface area contributed by atoms with Gasteiger partial charge in [0.1, 0.15) is 7.85 Å². The number of rotatable bonds is 2. The van der Waals surface area contributed by atoms with Gasteiger partial charge in [0.25, 0.3) is 0 Å². The summed E-state index contributed by atoms with van der Waals surface area (Å²) >= 11 is 0. The fourth-order valence-electron chi connectivity index (χ4n) is 2.66. The van der Waals surface area contributed by atoms with Gasteiger partial charge in [0.15, 0.2) is 0 Å². The monoisotopic (exact) mass is 231 g/mol. The standard InChI is InChI=1S/C11H20BF2NO/c12-10(3-5-11(13,14)6-4-10)15-9-2-1-7-16-8-9/h9,15H,1-8,12H2. The number of nitrogens with one attached hydrogen (secondary N) is 1. The minimum Gasteiger partial charge on any atom is -0.380 e. The minimum absolute atomic E-state index is 0.0179. The molecule has 1 saturated carbocycles. The summed E-state index contributed by atoms with van der Waals surface area (Å²) in [7, 11) is 2.07. The first-order chi connectivity index (χ1) is 7.49. The lowest BCUT2D eigenvalue weighted by atomic mass is 9.66. The van der Waals surface area contributed by atoms with Gasteiger partial charge in [-0.2, -0.15) is 0 Å². The Kier molecular flexibility index (Phi) is 3.55. The molecule has 0 radical (unpaired) electrons. The van der Waals surface area contributed by atoms with E-state index in [1.807, 2.05) is 0 Å². The highest BCUT2D eigenvalue weighted by Gasteiger charge is 2.41. The Morgan fingerprint density at radius 1 is 1.19 bits per heavy atom. The van der Waals surface area contributed by atoms with Gasteiger partial charge >= 0.3 is 0 Å². The fourth-order valence-corrected chi connectivity index (χ4v) is 2.66. The highest BCUT2D eigenvalue weighted by atomic mass is 19.3. The first kappa shape index (κ1) is 12.3. The van der Waals surface area contributed by atoms with Gasteiger partial charge in [-0.15, -0.1) is 0 Å². The van der Waals surface area contributed by atoms with E-state index in [4.69, 9.17) is 4.74 Å². The van der Waals surface area contributed by atoms with Crippen LogP contribution in [0.1, 0.15) is 38.5 Å². The topological polar surface area (TPSA) is 21.3 Å². The maximum atomic E-state index is 13.1. The van der Waals surface area contributed by atoms with Gasteiger partial charge in [-0.25, -0.2) is 8.78 Å². The first-order valence-corrected chi connectivity index (χ1v) is 6.22. The molecule has 1 aliphatic heterocycles. The van der Waals surface area contributed by atoms with E-state index in [9.17, 15) is 8.78 Å². The predicted molar refractivity (Wildman–Crippen MR) is 61.7 cm³/mol. The van der Waals surface area contributed by atoms with Crippen molar-refractivity contribution in [3.8, 4) is 0 Å². The summed E-state index contributed by atoms with van der Waals surface area (Å²) in [6.07, 6.45) is 3.34. The third-order valence-electron chi connectivity index (χ3n) is 3.80. The molecular weight excluding hydrogens is 211 g/mol. The maximum Gasteiger partial charge on any atom is 0.248 e. The van der Waals surface area contributed by atoms with E-state index in [1.165, 1.54) is 0 Å². The molecule has 2 fully saturated rings. The molecule has 92 valence electrons. The van der Waals surface area contributed by atoms with Crippen molar-refractivity contribution in [3.63, 3.8) is 0 Å². The Labute approximate surface area is 96.5 Å². The molecule has 16 heavy (non-hydrogen) atoms. The van der Waals surface area contributed by atoms with Crippen molar-refractivity contribution in [2.45, 2.75) is 55.9 Å². The molecule has 1 saturated heterocycles. The average molecular weight is 231 g/mol. The second kappa shape index (κ2) is 4.61. The van der Waals surface area contributed by atoms with Crippen molar-refractivity contribution in [3.05, 3.63) is 0 Å². The van der Waals surface area contributed by atoms with E-state index in [2.05, 4.69) is 13.2 Å². The van der Waals surface area contributed by atoms with Crippen molar-refractivity contribution in [2.75, 3.05) is 13.2 Å². The molecule has 1 unspecified atom stereocenters. The summed E-state index contributed by atoms with van der Waals surface area (Å²) in [5.74, 6) is -2.44. The normalized spacial score (nSPS) is 33.5. The number of halogens is 2. The van der Waals surface area contributed by atoms with E-state index in [1.54, 1.807) is 0 Å². The zero-order valence-corrected chi connectivity index (χ0v) is 9.90. The Balaban J connectivity index is 1.84. The third-order valence-corrected chi connectivity index (χ3v) is 3.80. The molecule has 1 heterocycles. The zero-order valence-electron chi connectivity index (χ0n) is 9.90. The summed E-state index contributed by atoms with van der Waals surface area (Å²) in [6.45, 7) is 1.57. The molecule has 0 spiro atoms. The molecule has 2 nitrogen and oxygen atoms in total. The molecule has 0 aromatic rings. The Morgan fingerprint density at radius 2 is 1.88 bits per heavy atom. The van der Waals surface area contributed by atoms with Crippen LogP contribution < -0.4 is 5.32 Å². The predicted octanol–water partition coefficient (Wildman–Crippen LogP) is 1.29. The van der Waals surface area contributed by atoms with Crippen molar-refractivity contribution in [1.29, 1.82) is 0 Å². The molecule has 1 aliphatic carbocycles. The molecule has 0 amide bonds. The van der Waals surface area contributed by atoms with Crippen LogP contribution in [0.15, 0.2) is 0 Å². The summed E-state index contributed by atoms with van der Waals surface area (Å²) < 4.78 is 31.5. The number of alkyl halides is 2. The van der Waals surface area contributed by atoms with Crippen molar-refractivity contribution >= 4 is 7.85 Å². The summed E-state index contributed by atoms with van der Waals surface area (Å²) in [5, 5.41) is 3.51. The Bertz CT molecular complexity index is 234. The van der Waals surface area contributed by atoms with Crippen LogP contribution in [0.4, 0.5) is 8.78 Å². The van der Waals surface area contributed by atoms with Gasteiger partial charge in [-0.3, -0.25) is 0 Å². The van der Waals surface area contributed by atoms with Gasteiger partial charge in [0.05, 0.1) is 6.61 Å². The summed E-state index contributed by atoms with van der Waals surface area (Å²) in [5.41, 5.74) is -0.118. The number of hydrogen-bond donors (Lipinski definition) is 1. The Morgan fingerprint density at radius 3 is 2.44 bits per heavy atom. The van der Waals surface area contributed by atoms with Gasteiger partial charge < -0.3 is 10.1 Å². The van der Waals surface area contributed by atoms with Gasteiger partial charge in [-0.1, -0.05) is 0 Å². The van der Waals surface area contributed by atoms with Gasteiger partial charge in [0, 0.05) is 25.5 Å². The SMILES string of the molecule is BC1(NC2CCCOC2)CCC(F)(F)CC1. The molecule has 0 bridgehead atoms. The number of ether oxygens (including phenoxy) is 1. The molecule has 0 aromatic heterocycles. The average Bonchev–Trinajstić information content (AvgIpc) is 2.25. The second-order valence-electron chi connectivity index (χ2n) is 5.48. The van der Waals surface area contributed by atoms with Crippen LogP contribution >= 0.6 is 0 Å². The lowest BCUT2D eigenvalue weighted by molar-refractivity contribution is -0.0485. The highest BCUT2D eigenvalue weighted by Crippen LogP contribution is 2.37. The van der Waals surface area contributed by atoms with Crippen LogP contribution in [0.25, 0.3) is 0 Å². The summed E-state index contributed by atoms with van der Waals surface area (Å²) in [6, 6.07) is 0.352. The molecule has 5 heteroatoms. The first-order valence-electron chi connectivity index (χ1n) is 6.22. The maximum absolute atomic E-state index is 13.1. The second-order valence-corrected chi connectivity index (χ2v) is 5.48. The van der Waals surface area contributed by atoms with E-state index < -0.39 is 5.92 Å². The molecule has 2 rings (SSSR count). The van der Waals surface area contributed by atoms with Gasteiger partial charge in [0.2, 0.25) is 5.92 Å². The minimum atomic E-state index is -2.44. The van der Waals surface area contributed by atoms with E-state index in [0.29, 0.717) is 18.9 Å². The van der Waals surface area contributed by atoms with Crippen LogP contribution in [-0.2, 0) is 4.74 Å². The lowest BCUT2D eigenvalue weighted by Crippen LogP contribution is -2.56. The van der Waals surface area contributed by atoms with Crippen LogP contribution in [0, 0.1) is 0 Å². The molecule has 2 aliphatic rings. The van der Waals surface area contributed by atoms with Gasteiger partial charge in [-0.05, 0) is 31.1 Å². The van der Waals surface area contributed by atoms with E-state index in [-0.39, 0.29) is 18.3 Å². The van der Waals surface area contributed by atoms with Crippen molar-refractivity contribution in [1.82, 2.24) is 5.32 Å². The molecular formula is C11H20BF2NO. The largest absolute Gasteiger partial charge is 0.380 e. The zero-order chi connectivity index (χ0) is 11.6.